The normalized spacial score (nSPS) is 15.3. The lowest BCUT2D eigenvalue weighted by molar-refractivity contribution is -0.144. The maximum atomic E-state index is 14.7. The van der Waals surface area contributed by atoms with Gasteiger partial charge in [0.15, 0.2) is 23.1 Å². The Morgan fingerprint density at radius 3 is 1.24 bits per heavy atom. The van der Waals surface area contributed by atoms with Gasteiger partial charge in [-0.25, -0.2) is 9.36 Å². The Morgan fingerprint density at radius 1 is 0.457 bits per heavy atom. The van der Waals surface area contributed by atoms with E-state index in [-0.39, 0.29) is 149 Å². The van der Waals surface area contributed by atoms with Crippen molar-refractivity contribution >= 4 is 84.5 Å². The van der Waals surface area contributed by atoms with E-state index in [1.165, 1.54) is 33.6 Å². The Hall–Kier alpha value is -11.5. The Kier molecular flexibility index (Phi) is 43.7. The highest BCUT2D eigenvalue weighted by Gasteiger charge is 2.44. The van der Waals surface area contributed by atoms with Crippen LogP contribution in [0.3, 0.4) is 0 Å². The Balaban J connectivity index is 0.730. The van der Waals surface area contributed by atoms with Crippen molar-refractivity contribution in [3.63, 3.8) is 0 Å². The lowest BCUT2D eigenvalue weighted by Gasteiger charge is -2.30. The average molecular weight is 1970 g/mol. The number of aromatic nitrogens is 6. The van der Waals surface area contributed by atoms with E-state index in [4.69, 9.17) is 13.1 Å². The lowest BCUT2D eigenvalue weighted by Crippen LogP contribution is -2.54. The molecule has 36 heteroatoms. The van der Waals surface area contributed by atoms with Gasteiger partial charge >= 0.3 is 0 Å². The third-order valence-corrected chi connectivity index (χ3v) is 27.0. The molecule has 0 spiro atoms. The number of Topliss-reactive ketones (excluding diaryl/α,β-unsaturated/α-hetero) is 6. The van der Waals surface area contributed by atoms with Crippen LogP contribution in [0.4, 0.5) is 0 Å². The number of ketones is 6. The van der Waals surface area contributed by atoms with E-state index in [2.05, 4.69) is 52.5 Å². The molecule has 3 heterocycles. The van der Waals surface area contributed by atoms with E-state index in [9.17, 15) is 79.8 Å². The maximum absolute atomic E-state index is 14.7. The molecule has 6 aromatic carbocycles. The minimum absolute atomic E-state index is 0.000329. The van der Waals surface area contributed by atoms with Gasteiger partial charge in [-0.3, -0.25) is 70.9 Å². The molecular weight excluding hydrogens is 1830 g/mol. The summed E-state index contributed by atoms with van der Waals surface area (Å²) in [6, 6.07) is 42.8. The van der Waals surface area contributed by atoms with Crippen molar-refractivity contribution in [2.45, 2.75) is 238 Å². The first-order chi connectivity index (χ1) is 66.5. The van der Waals surface area contributed by atoms with Crippen LogP contribution in [0.1, 0.15) is 190 Å². The van der Waals surface area contributed by atoms with Crippen LogP contribution in [-0.4, -0.2) is 233 Å². The lowest BCUT2D eigenvalue weighted by atomic mass is 9.86. The zero-order valence-electron chi connectivity index (χ0n) is 82.5. The predicted octanol–water partition coefficient (Wildman–Crippen LogP) is 9.11. The molecule has 5 amide bonds. The van der Waals surface area contributed by atoms with Crippen LogP contribution in [0.5, 0.6) is 0 Å². The zero-order valence-corrected chi connectivity index (χ0v) is 84.1. The smallest absolute Gasteiger partial charge is 0.297 e. The molecule has 758 valence electrons. The van der Waals surface area contributed by atoms with Crippen molar-refractivity contribution in [1.29, 1.82) is 0 Å². The first-order valence-electron chi connectivity index (χ1n) is 48.2. The topological polar surface area (TPSA) is 464 Å². The summed E-state index contributed by atoms with van der Waals surface area (Å²) in [5, 5.41) is 57.8. The molecule has 1 aliphatic rings. The number of likely N-dealkylation sites (N-methyl/N-ethyl adjacent to an activating group) is 1. The van der Waals surface area contributed by atoms with Crippen molar-refractivity contribution in [3.05, 3.63) is 227 Å². The minimum Gasteiger partial charge on any atom is -0.380 e. The molecule has 0 aliphatic carbocycles. The number of nitrogens with one attached hydrogen (secondary N) is 6. The van der Waals surface area contributed by atoms with E-state index in [1.54, 1.807) is 93.0 Å². The summed E-state index contributed by atoms with van der Waals surface area (Å²) >= 11 is 0. The second kappa shape index (κ2) is 54.5. The molecule has 10 atom stereocenters. The summed E-state index contributed by atoms with van der Waals surface area (Å²) in [6.45, 7) is 20.5. The van der Waals surface area contributed by atoms with Crippen molar-refractivity contribution in [2.24, 2.45) is 47.3 Å². The van der Waals surface area contributed by atoms with Gasteiger partial charge in [0, 0.05) is 81.1 Å². The molecule has 34 nitrogen and oxygen atoms in total. The summed E-state index contributed by atoms with van der Waals surface area (Å²) in [7, 11) is -7.47. The van der Waals surface area contributed by atoms with E-state index < -0.39 is 150 Å². The second-order valence-corrected chi connectivity index (χ2v) is 42.1. The molecule has 9 rings (SSSR count). The Bertz CT molecular complexity index is 5600. The molecule has 0 saturated carbocycles. The maximum Gasteiger partial charge on any atom is 0.297 e. The zero-order chi connectivity index (χ0) is 102. The molecular formula is C104H140N14O20S2. The van der Waals surface area contributed by atoms with Crippen LogP contribution in [-0.2, 0) is 133 Å². The van der Waals surface area contributed by atoms with Crippen molar-refractivity contribution in [3.8, 4) is 0 Å². The van der Waals surface area contributed by atoms with Crippen molar-refractivity contribution in [2.75, 3.05) is 66.2 Å². The molecule has 1 saturated heterocycles. The van der Waals surface area contributed by atoms with Crippen molar-refractivity contribution in [1.82, 2.24) is 71.7 Å². The molecule has 1 fully saturated rings. The Labute approximate surface area is 822 Å². The third kappa shape index (κ3) is 37.2. The van der Waals surface area contributed by atoms with Crippen LogP contribution >= 0.6 is 0 Å². The number of carbonyl (C=O) groups excluding carboxylic acids is 11. The number of aryl methyl sites for hydroxylation is 2. The number of aliphatic hydroxyl groups is 2. The van der Waals surface area contributed by atoms with Gasteiger partial charge in [0.1, 0.15) is 48.3 Å². The van der Waals surface area contributed by atoms with Gasteiger partial charge < -0.3 is 46.9 Å². The van der Waals surface area contributed by atoms with Gasteiger partial charge in [0.25, 0.3) is 26.1 Å². The minimum atomic E-state index is -4.70. The molecule has 1 aliphatic heterocycles. The standard InChI is InChI=1S/C104H140N14O20S2/c1-13-115(12)65-86(119)56-80(38-34-74-26-18-14-19-27-74)99(126)107-90(50-70(2)3)94(121)58-82(54-76-30-22-16-23-31-76)101(128)109-92(52-72(6)7)96(123)103(10,130)67-137-139(132,133)88-42-36-78(37-43-88)60-105-61-84-63-117(113-111-84)69-118-64-85(112-114-118)62-106-98(125)79-40-44-89(45-41-79)140(134,135)138-68-104(11,131)97(124)93(53-73(8)9)110-102(129)83(55-77-32-24-17-25-33-77)59-95(122)91(51-71(4)5)108-100(127)81(39-35-75-28-20-15-21-29-75)57-87(120)66-116-46-48-136-49-47-116/h14-33,36-37,40-45,63-64,70-73,80-83,90-93,105,130-131H,13,34-35,38-39,46-62,65-69H2,1-12H3,(H,106,125)(H,107,126)(H,108,127)(H,109,128)(H,110,129)/t80-,81-,82-,83-,90+,91+,92+,93+,103?,104?/m1/s1. The van der Waals surface area contributed by atoms with E-state index in [1.807, 2.05) is 132 Å². The summed E-state index contributed by atoms with van der Waals surface area (Å²) < 4.78 is 74.0. The fourth-order valence-corrected chi connectivity index (χ4v) is 18.5. The number of nitrogens with zero attached hydrogens (tertiary/aromatic N) is 8. The molecule has 2 unspecified atom stereocenters. The number of benzene rings is 6. The number of morpholine rings is 1. The number of ether oxygens (including phenoxy) is 1. The summed E-state index contributed by atoms with van der Waals surface area (Å²) in [5.74, 6) is -10.1. The van der Waals surface area contributed by atoms with Gasteiger partial charge in [-0.05, 0) is 180 Å². The third-order valence-electron chi connectivity index (χ3n) is 24.4. The molecule has 2 aromatic heterocycles. The fourth-order valence-electron chi connectivity index (χ4n) is 16.5. The number of carbonyl (C=O) groups is 11. The molecule has 8 N–H and O–H groups in total. The van der Waals surface area contributed by atoms with Crippen LogP contribution in [0, 0.1) is 47.3 Å². The largest absolute Gasteiger partial charge is 0.380 e. The van der Waals surface area contributed by atoms with Crippen molar-refractivity contribution < 1.29 is 92.9 Å². The highest BCUT2D eigenvalue weighted by molar-refractivity contribution is 7.87. The van der Waals surface area contributed by atoms with E-state index >= 15 is 0 Å². The number of amides is 5. The predicted molar refractivity (Wildman–Crippen MR) is 526 cm³/mol. The first-order valence-corrected chi connectivity index (χ1v) is 51.0. The summed E-state index contributed by atoms with van der Waals surface area (Å²) in [6.07, 6.45) is 4.78. The molecule has 0 radical (unpaired) electrons. The van der Waals surface area contributed by atoms with Gasteiger partial charge in [-0.15, -0.1) is 10.2 Å². The van der Waals surface area contributed by atoms with Gasteiger partial charge in [0.05, 0.1) is 84.9 Å². The number of hydrogen-bond donors (Lipinski definition) is 8. The number of hydrogen-bond acceptors (Lipinski definition) is 27. The SMILES string of the molecule is CCN(C)CC(=O)C[C@@H](CCc1ccccc1)C(=O)N[C@@H](CC(C)C)C(=O)C[C@@H](Cc1ccccc1)C(=O)N[C@@H](CC(C)C)C(=O)C(C)(O)COS(=O)(=O)c1ccc(CNCc2cn(Cn3cc(CNC(=O)c4ccc(S(=O)(=O)OCC(C)(O)C(=O)[C@H](CC(C)C)NC(=O)[C@@H](CC(=O)[C@H](CC(C)C)NC(=O)[C@H](CCc5ccccc5)CC(=O)CN5CCOCC5)Cc5ccccc5)cc4)nn3)nn2)cc1. The highest BCUT2D eigenvalue weighted by atomic mass is 32.2. The van der Waals surface area contributed by atoms with E-state index in [0.717, 1.165) is 37.1 Å². The van der Waals surface area contributed by atoms with Crippen LogP contribution in [0.25, 0.3) is 0 Å². The van der Waals surface area contributed by atoms with Crippen LogP contribution < -0.4 is 31.9 Å². The fraction of sp³-hybridized carbons (Fsp3) is 0.510. The monoisotopic (exact) mass is 1970 g/mol. The second-order valence-electron chi connectivity index (χ2n) is 38.8. The average Bonchev–Trinajstić information content (AvgIpc) is 0.963. The molecule has 140 heavy (non-hydrogen) atoms. The molecule has 8 aromatic rings. The van der Waals surface area contributed by atoms with E-state index in [0.29, 0.717) is 86.6 Å². The highest BCUT2D eigenvalue weighted by Crippen LogP contribution is 2.29. The van der Waals surface area contributed by atoms with Gasteiger partial charge in [-0.1, -0.05) is 206 Å². The first kappa shape index (κ1) is 112. The Morgan fingerprint density at radius 2 is 0.829 bits per heavy atom. The molecule has 0 bridgehead atoms. The quantitative estimate of drug-likeness (QED) is 0.0165. The number of rotatable bonds is 62. The summed E-state index contributed by atoms with van der Waals surface area (Å²) in [4.78, 5) is 160. The van der Waals surface area contributed by atoms with Crippen LogP contribution in [0.2, 0.25) is 0 Å². The van der Waals surface area contributed by atoms with Crippen LogP contribution in [0.15, 0.2) is 192 Å². The van der Waals surface area contributed by atoms with Gasteiger partial charge in [0.2, 0.25) is 23.6 Å². The summed E-state index contributed by atoms with van der Waals surface area (Å²) in [5.41, 5.74) is 0.0330. The van der Waals surface area contributed by atoms with Gasteiger partial charge in [-0.2, -0.15) is 16.8 Å².